The van der Waals surface area contributed by atoms with Gasteiger partial charge < -0.3 is 10.2 Å². The zero-order chi connectivity index (χ0) is 31.7. The number of hydrogen-bond acceptors (Lipinski definition) is 4. The number of amides is 2. The number of sulfonamides is 1. The predicted molar refractivity (Wildman–Crippen MR) is 172 cm³/mol. The second kappa shape index (κ2) is 15.2. The highest BCUT2D eigenvalue weighted by Crippen LogP contribution is 2.28. The molecule has 0 aliphatic heterocycles. The van der Waals surface area contributed by atoms with Crippen LogP contribution in [0.15, 0.2) is 108 Å². The van der Waals surface area contributed by atoms with Gasteiger partial charge in [-0.15, -0.1) is 0 Å². The Morgan fingerprint density at radius 3 is 2.16 bits per heavy atom. The number of anilines is 1. The molecule has 4 rings (SSSR count). The molecular formula is C33H32Cl2FN3O4S. The fourth-order valence-corrected chi connectivity index (χ4v) is 6.32. The minimum absolute atomic E-state index is 0.0689. The molecule has 1 N–H and O–H groups in total. The van der Waals surface area contributed by atoms with Gasteiger partial charge in [-0.1, -0.05) is 78.7 Å². The lowest BCUT2D eigenvalue weighted by atomic mass is 10.0. The van der Waals surface area contributed by atoms with E-state index in [-0.39, 0.29) is 34.5 Å². The second-order valence-electron chi connectivity index (χ2n) is 10.1. The van der Waals surface area contributed by atoms with Crippen LogP contribution in [0.2, 0.25) is 10.0 Å². The summed E-state index contributed by atoms with van der Waals surface area (Å²) in [5.41, 5.74) is 1.54. The first-order valence-corrected chi connectivity index (χ1v) is 16.2. The topological polar surface area (TPSA) is 86.8 Å². The number of carbonyl (C=O) groups excluding carboxylic acids is 2. The van der Waals surface area contributed by atoms with Crippen LogP contribution in [0.1, 0.15) is 24.5 Å². The molecule has 2 amide bonds. The van der Waals surface area contributed by atoms with E-state index < -0.39 is 34.3 Å². The Morgan fingerprint density at radius 2 is 1.52 bits per heavy atom. The van der Waals surface area contributed by atoms with Gasteiger partial charge in [-0.05, 0) is 72.1 Å². The van der Waals surface area contributed by atoms with Crippen LogP contribution in [0.3, 0.4) is 0 Å². The Hall–Kier alpha value is -3.92. The summed E-state index contributed by atoms with van der Waals surface area (Å²) in [6, 6.07) is 25.6. The van der Waals surface area contributed by atoms with Crippen LogP contribution < -0.4 is 9.62 Å². The highest BCUT2D eigenvalue weighted by molar-refractivity contribution is 7.92. The average Bonchev–Trinajstić information content (AvgIpc) is 3.01. The predicted octanol–water partition coefficient (Wildman–Crippen LogP) is 6.49. The third-order valence-corrected chi connectivity index (χ3v) is 9.14. The molecule has 0 aliphatic carbocycles. The maximum atomic E-state index is 14.3. The summed E-state index contributed by atoms with van der Waals surface area (Å²) in [6.07, 6.45) is 0.849. The van der Waals surface area contributed by atoms with Crippen molar-refractivity contribution >= 4 is 50.7 Å². The van der Waals surface area contributed by atoms with Crippen molar-refractivity contribution in [3.05, 3.63) is 130 Å². The van der Waals surface area contributed by atoms with Gasteiger partial charge in [0.05, 0.1) is 10.6 Å². The smallest absolute Gasteiger partial charge is 0.264 e. The van der Waals surface area contributed by atoms with Gasteiger partial charge in [0.2, 0.25) is 11.8 Å². The van der Waals surface area contributed by atoms with Crippen molar-refractivity contribution in [2.75, 3.05) is 17.4 Å². The number of carbonyl (C=O) groups is 2. The Morgan fingerprint density at radius 1 is 0.841 bits per heavy atom. The van der Waals surface area contributed by atoms with E-state index in [2.05, 4.69) is 5.32 Å². The molecule has 0 saturated carbocycles. The Kier molecular flexibility index (Phi) is 11.4. The van der Waals surface area contributed by atoms with E-state index in [0.29, 0.717) is 23.6 Å². The highest BCUT2D eigenvalue weighted by atomic mass is 35.5. The largest absolute Gasteiger partial charge is 0.354 e. The number of rotatable bonds is 13. The van der Waals surface area contributed by atoms with Crippen LogP contribution >= 0.6 is 23.2 Å². The lowest BCUT2D eigenvalue weighted by molar-refractivity contribution is -0.140. The van der Waals surface area contributed by atoms with Gasteiger partial charge >= 0.3 is 0 Å². The second-order valence-corrected chi connectivity index (χ2v) is 12.8. The van der Waals surface area contributed by atoms with Crippen LogP contribution in [0, 0.1) is 5.82 Å². The standard InChI is InChI=1S/C33H32Cl2FN3O4S/c1-2-19-37-33(41)31(20-24-7-4-3-5-8-24)38(22-25-11-15-28(36)16-12-25)32(40)23-39(29-10-6-9-27(35)21-29)44(42,43)30-17-13-26(34)14-18-30/h3-18,21,31H,2,19-20,22-23H2,1H3,(H,37,41)/t31-/m0/s1. The molecule has 0 aliphatic rings. The zero-order valence-electron chi connectivity index (χ0n) is 24.0. The normalized spacial score (nSPS) is 11.9. The molecule has 230 valence electrons. The minimum atomic E-state index is -4.30. The van der Waals surface area contributed by atoms with Crippen molar-refractivity contribution < 1.29 is 22.4 Å². The monoisotopic (exact) mass is 655 g/mol. The summed E-state index contributed by atoms with van der Waals surface area (Å²) < 4.78 is 42.7. The summed E-state index contributed by atoms with van der Waals surface area (Å²) in [4.78, 5) is 29.2. The van der Waals surface area contributed by atoms with E-state index in [0.717, 1.165) is 9.87 Å². The molecule has 0 aromatic heterocycles. The molecule has 0 bridgehead atoms. The quantitative estimate of drug-likeness (QED) is 0.178. The van der Waals surface area contributed by atoms with Gasteiger partial charge in [0.1, 0.15) is 18.4 Å². The average molecular weight is 657 g/mol. The molecule has 1 atom stereocenters. The van der Waals surface area contributed by atoms with Gasteiger partial charge in [-0.2, -0.15) is 0 Å². The summed E-state index contributed by atoms with van der Waals surface area (Å²) in [5.74, 6) is -1.48. The maximum Gasteiger partial charge on any atom is 0.264 e. The van der Waals surface area contributed by atoms with Crippen LogP contribution in [0.5, 0.6) is 0 Å². The summed E-state index contributed by atoms with van der Waals surface area (Å²) in [5, 5.41) is 3.50. The van der Waals surface area contributed by atoms with E-state index in [1.807, 2.05) is 37.3 Å². The Labute approximate surface area is 267 Å². The molecule has 0 spiro atoms. The van der Waals surface area contributed by atoms with Crippen LogP contribution in [0.4, 0.5) is 10.1 Å². The van der Waals surface area contributed by atoms with Crippen LogP contribution in [-0.4, -0.2) is 44.3 Å². The summed E-state index contributed by atoms with van der Waals surface area (Å²) in [6.45, 7) is 1.60. The number of halogens is 3. The van der Waals surface area contributed by atoms with E-state index >= 15 is 0 Å². The third-order valence-electron chi connectivity index (χ3n) is 6.86. The van der Waals surface area contributed by atoms with Crippen molar-refractivity contribution in [1.29, 1.82) is 0 Å². The molecule has 4 aromatic carbocycles. The number of nitrogens with one attached hydrogen (secondary N) is 1. The van der Waals surface area contributed by atoms with Gasteiger partial charge in [-0.25, -0.2) is 12.8 Å². The molecule has 11 heteroatoms. The van der Waals surface area contributed by atoms with Gasteiger partial charge in [0, 0.05) is 29.6 Å². The fourth-order valence-electron chi connectivity index (χ4n) is 4.60. The molecule has 4 aromatic rings. The van der Waals surface area contributed by atoms with Crippen molar-refractivity contribution in [3.63, 3.8) is 0 Å². The maximum absolute atomic E-state index is 14.3. The van der Waals surface area contributed by atoms with Gasteiger partial charge in [-0.3, -0.25) is 13.9 Å². The van der Waals surface area contributed by atoms with Gasteiger partial charge in [0.25, 0.3) is 10.0 Å². The zero-order valence-corrected chi connectivity index (χ0v) is 26.3. The SMILES string of the molecule is CCCNC(=O)[C@H](Cc1ccccc1)N(Cc1ccc(F)cc1)C(=O)CN(c1cccc(Cl)c1)S(=O)(=O)c1ccc(Cl)cc1. The lowest BCUT2D eigenvalue weighted by Crippen LogP contribution is -2.53. The van der Waals surface area contributed by atoms with Crippen LogP contribution in [-0.2, 0) is 32.6 Å². The number of nitrogens with zero attached hydrogens (tertiary/aromatic N) is 2. The molecule has 7 nitrogen and oxygen atoms in total. The number of benzene rings is 4. The minimum Gasteiger partial charge on any atom is -0.354 e. The first-order chi connectivity index (χ1) is 21.1. The van der Waals surface area contributed by atoms with Gasteiger partial charge in [0.15, 0.2) is 0 Å². The number of hydrogen-bond donors (Lipinski definition) is 1. The first kappa shape index (κ1) is 33.0. The van der Waals surface area contributed by atoms with Crippen molar-refractivity contribution in [3.8, 4) is 0 Å². The third kappa shape index (κ3) is 8.59. The van der Waals surface area contributed by atoms with E-state index in [9.17, 15) is 22.4 Å². The summed E-state index contributed by atoms with van der Waals surface area (Å²) in [7, 11) is -4.30. The molecule has 0 unspecified atom stereocenters. The van der Waals surface area contributed by atoms with Crippen molar-refractivity contribution in [2.24, 2.45) is 0 Å². The fraction of sp³-hybridized carbons (Fsp3) is 0.212. The van der Waals surface area contributed by atoms with E-state index in [4.69, 9.17) is 23.2 Å². The van der Waals surface area contributed by atoms with E-state index in [1.165, 1.54) is 65.6 Å². The molecule has 0 saturated heterocycles. The summed E-state index contributed by atoms with van der Waals surface area (Å²) >= 11 is 12.2. The molecule has 0 heterocycles. The molecule has 0 radical (unpaired) electrons. The van der Waals surface area contributed by atoms with Crippen LogP contribution in [0.25, 0.3) is 0 Å². The van der Waals surface area contributed by atoms with Crippen molar-refractivity contribution in [1.82, 2.24) is 10.2 Å². The first-order valence-electron chi connectivity index (χ1n) is 14.0. The Balaban J connectivity index is 1.79. The highest BCUT2D eigenvalue weighted by Gasteiger charge is 2.34. The molecule has 0 fully saturated rings. The van der Waals surface area contributed by atoms with E-state index in [1.54, 1.807) is 12.1 Å². The van der Waals surface area contributed by atoms with Crippen molar-refractivity contribution in [2.45, 2.75) is 37.2 Å². The molecule has 44 heavy (non-hydrogen) atoms. The Bertz CT molecular complexity index is 1670. The lowest BCUT2D eigenvalue weighted by Gasteiger charge is -2.34. The molecular weight excluding hydrogens is 624 g/mol.